The van der Waals surface area contributed by atoms with Crippen LogP contribution in [0.25, 0.3) is 0 Å². The molecule has 0 aliphatic rings. The van der Waals surface area contributed by atoms with E-state index in [4.69, 9.17) is 39.5 Å². The standard InChI is InChI=1S/C15H14Cl3NO/c1-2-19-9-10-4-3-5-13(18)15(10)20-14-8-11(16)6-7-12(14)17/h3-8,19H,2,9H2,1H3. The van der Waals surface area contributed by atoms with E-state index in [-0.39, 0.29) is 0 Å². The molecule has 0 aliphatic carbocycles. The van der Waals surface area contributed by atoms with E-state index in [1.54, 1.807) is 24.3 Å². The Morgan fingerprint density at radius 2 is 1.85 bits per heavy atom. The van der Waals surface area contributed by atoms with Crippen LogP contribution < -0.4 is 10.1 Å². The molecule has 0 bridgehead atoms. The third kappa shape index (κ3) is 3.80. The van der Waals surface area contributed by atoms with E-state index in [9.17, 15) is 0 Å². The molecule has 0 aromatic heterocycles. The first-order chi connectivity index (χ1) is 9.61. The van der Waals surface area contributed by atoms with E-state index in [0.717, 1.165) is 12.1 Å². The van der Waals surface area contributed by atoms with Gasteiger partial charge in [-0.15, -0.1) is 0 Å². The number of nitrogens with one attached hydrogen (secondary N) is 1. The molecule has 0 saturated heterocycles. The van der Waals surface area contributed by atoms with Crippen molar-refractivity contribution >= 4 is 34.8 Å². The lowest BCUT2D eigenvalue weighted by Crippen LogP contribution is -2.12. The van der Waals surface area contributed by atoms with Gasteiger partial charge < -0.3 is 10.1 Å². The number of ether oxygens (including phenoxy) is 1. The average molecular weight is 331 g/mol. The molecule has 0 saturated carbocycles. The Morgan fingerprint density at radius 1 is 1.05 bits per heavy atom. The molecule has 0 aliphatic heterocycles. The van der Waals surface area contributed by atoms with Crippen LogP contribution in [0.5, 0.6) is 11.5 Å². The van der Waals surface area contributed by atoms with Crippen LogP contribution in [0.15, 0.2) is 36.4 Å². The van der Waals surface area contributed by atoms with E-state index in [1.165, 1.54) is 0 Å². The van der Waals surface area contributed by atoms with Gasteiger partial charge in [0.2, 0.25) is 0 Å². The minimum atomic E-state index is 0.490. The molecular weight excluding hydrogens is 317 g/mol. The minimum Gasteiger partial charge on any atom is -0.454 e. The molecule has 0 amide bonds. The van der Waals surface area contributed by atoms with Crippen molar-refractivity contribution < 1.29 is 4.74 Å². The number of hydrogen-bond acceptors (Lipinski definition) is 2. The molecule has 0 atom stereocenters. The maximum Gasteiger partial charge on any atom is 0.150 e. The Hall–Kier alpha value is -0.930. The van der Waals surface area contributed by atoms with Crippen LogP contribution in [0.4, 0.5) is 0 Å². The minimum absolute atomic E-state index is 0.490. The largest absolute Gasteiger partial charge is 0.454 e. The van der Waals surface area contributed by atoms with Crippen LogP contribution in [0.3, 0.4) is 0 Å². The van der Waals surface area contributed by atoms with E-state index in [0.29, 0.717) is 33.1 Å². The van der Waals surface area contributed by atoms with E-state index < -0.39 is 0 Å². The van der Waals surface area contributed by atoms with Crippen LogP contribution >= 0.6 is 34.8 Å². The Balaban J connectivity index is 2.34. The quantitative estimate of drug-likeness (QED) is 0.776. The summed E-state index contributed by atoms with van der Waals surface area (Å²) in [4.78, 5) is 0. The summed E-state index contributed by atoms with van der Waals surface area (Å²) < 4.78 is 5.86. The van der Waals surface area contributed by atoms with Crippen molar-refractivity contribution in [1.29, 1.82) is 0 Å². The van der Waals surface area contributed by atoms with Crippen LogP contribution in [0.2, 0.25) is 15.1 Å². The second-order valence-corrected chi connectivity index (χ2v) is 5.44. The lowest BCUT2D eigenvalue weighted by molar-refractivity contribution is 0.474. The zero-order chi connectivity index (χ0) is 14.5. The summed E-state index contributed by atoms with van der Waals surface area (Å²) in [6.07, 6.45) is 0. The predicted octanol–water partition coefficient (Wildman–Crippen LogP) is 5.55. The summed E-state index contributed by atoms with van der Waals surface area (Å²) in [5.41, 5.74) is 0.968. The zero-order valence-electron chi connectivity index (χ0n) is 10.9. The van der Waals surface area contributed by atoms with Crippen molar-refractivity contribution in [3.05, 3.63) is 57.0 Å². The van der Waals surface area contributed by atoms with Gasteiger partial charge in [0, 0.05) is 23.2 Å². The van der Waals surface area contributed by atoms with Crippen molar-refractivity contribution in [3.8, 4) is 11.5 Å². The average Bonchev–Trinajstić information content (AvgIpc) is 2.43. The second kappa shape index (κ2) is 7.19. The normalized spacial score (nSPS) is 10.6. The first-order valence-electron chi connectivity index (χ1n) is 6.23. The first kappa shape index (κ1) is 15.5. The fourth-order valence-electron chi connectivity index (χ4n) is 1.73. The number of rotatable bonds is 5. The van der Waals surface area contributed by atoms with Gasteiger partial charge in [-0.25, -0.2) is 0 Å². The first-order valence-corrected chi connectivity index (χ1v) is 7.36. The second-order valence-electron chi connectivity index (χ2n) is 4.19. The Labute approximate surface area is 133 Å². The van der Waals surface area contributed by atoms with Crippen LogP contribution in [0, 0.1) is 0 Å². The van der Waals surface area contributed by atoms with Crippen molar-refractivity contribution in [1.82, 2.24) is 5.32 Å². The summed E-state index contributed by atoms with van der Waals surface area (Å²) in [7, 11) is 0. The Kier molecular flexibility index (Phi) is 5.55. The third-order valence-corrected chi connectivity index (χ3v) is 3.56. The van der Waals surface area contributed by atoms with Gasteiger partial charge >= 0.3 is 0 Å². The van der Waals surface area contributed by atoms with E-state index in [2.05, 4.69) is 5.32 Å². The van der Waals surface area contributed by atoms with Gasteiger partial charge in [-0.2, -0.15) is 0 Å². The molecule has 1 N–H and O–H groups in total. The van der Waals surface area contributed by atoms with Gasteiger partial charge in [-0.05, 0) is 24.7 Å². The summed E-state index contributed by atoms with van der Waals surface area (Å²) in [5.74, 6) is 1.09. The lowest BCUT2D eigenvalue weighted by atomic mass is 10.2. The molecule has 2 rings (SSSR count). The SMILES string of the molecule is CCNCc1cccc(Cl)c1Oc1cc(Cl)ccc1Cl. The highest BCUT2D eigenvalue weighted by atomic mass is 35.5. The highest BCUT2D eigenvalue weighted by molar-refractivity contribution is 6.34. The number of benzene rings is 2. The molecule has 2 nitrogen and oxygen atoms in total. The van der Waals surface area contributed by atoms with Crippen molar-refractivity contribution in [2.75, 3.05) is 6.54 Å². The zero-order valence-corrected chi connectivity index (χ0v) is 13.2. The molecule has 0 radical (unpaired) electrons. The fraction of sp³-hybridized carbons (Fsp3) is 0.200. The maximum absolute atomic E-state index is 6.22. The van der Waals surface area contributed by atoms with Gasteiger partial charge in [0.15, 0.2) is 5.75 Å². The molecule has 5 heteroatoms. The number of para-hydroxylation sites is 1. The van der Waals surface area contributed by atoms with Gasteiger partial charge in [-0.3, -0.25) is 0 Å². The summed E-state index contributed by atoms with van der Waals surface area (Å²) in [6.45, 7) is 3.58. The highest BCUT2D eigenvalue weighted by Crippen LogP contribution is 2.37. The smallest absolute Gasteiger partial charge is 0.150 e. The molecule has 0 unspecified atom stereocenters. The lowest BCUT2D eigenvalue weighted by Gasteiger charge is -2.14. The number of hydrogen-bond donors (Lipinski definition) is 1. The Morgan fingerprint density at radius 3 is 2.60 bits per heavy atom. The molecule has 0 fully saturated rings. The van der Waals surface area contributed by atoms with Gasteiger partial charge in [-0.1, -0.05) is 53.9 Å². The van der Waals surface area contributed by atoms with Gasteiger partial charge in [0.05, 0.1) is 10.0 Å². The number of halogens is 3. The van der Waals surface area contributed by atoms with Crippen LogP contribution in [0.1, 0.15) is 12.5 Å². The van der Waals surface area contributed by atoms with Gasteiger partial charge in [0.1, 0.15) is 5.75 Å². The highest BCUT2D eigenvalue weighted by Gasteiger charge is 2.11. The summed E-state index contributed by atoms with van der Waals surface area (Å²) in [6, 6.07) is 10.7. The Bertz CT molecular complexity index is 602. The van der Waals surface area contributed by atoms with Crippen molar-refractivity contribution in [2.24, 2.45) is 0 Å². The topological polar surface area (TPSA) is 21.3 Å². The van der Waals surface area contributed by atoms with E-state index in [1.807, 2.05) is 19.1 Å². The molecule has 2 aromatic rings. The fourth-order valence-corrected chi connectivity index (χ4v) is 2.28. The molecule has 0 spiro atoms. The van der Waals surface area contributed by atoms with Crippen LogP contribution in [-0.2, 0) is 6.54 Å². The molecule has 106 valence electrons. The van der Waals surface area contributed by atoms with Crippen molar-refractivity contribution in [3.63, 3.8) is 0 Å². The molecule has 20 heavy (non-hydrogen) atoms. The van der Waals surface area contributed by atoms with Crippen molar-refractivity contribution in [2.45, 2.75) is 13.5 Å². The monoisotopic (exact) mass is 329 g/mol. The summed E-state index contributed by atoms with van der Waals surface area (Å²) >= 11 is 18.3. The molecular formula is C15H14Cl3NO. The predicted molar refractivity (Wildman–Crippen MR) is 85.4 cm³/mol. The summed E-state index contributed by atoms with van der Waals surface area (Å²) in [5, 5.41) is 4.83. The molecule has 2 aromatic carbocycles. The van der Waals surface area contributed by atoms with Crippen LogP contribution in [-0.4, -0.2) is 6.54 Å². The van der Waals surface area contributed by atoms with Gasteiger partial charge in [0.25, 0.3) is 0 Å². The third-order valence-electron chi connectivity index (χ3n) is 2.72. The maximum atomic E-state index is 6.22. The van der Waals surface area contributed by atoms with E-state index >= 15 is 0 Å². The molecule has 0 heterocycles.